The van der Waals surface area contributed by atoms with E-state index in [1.54, 1.807) is 7.11 Å². The summed E-state index contributed by atoms with van der Waals surface area (Å²) in [4.78, 5) is 22.7. The Morgan fingerprint density at radius 1 is 1.46 bits per heavy atom. The molecule has 1 aromatic carbocycles. The number of fused-ring (bicyclic) bond motifs is 1. The number of benzene rings is 1. The number of aliphatic carboxylic acids is 1. The molecule has 6 heteroatoms. The first-order valence-electron chi connectivity index (χ1n) is 7.94. The number of carbonyl (C=O) groups excluding carboxylic acids is 1. The lowest BCUT2D eigenvalue weighted by Gasteiger charge is -2.19. The summed E-state index contributed by atoms with van der Waals surface area (Å²) in [5.41, 5.74) is 3.36. The van der Waals surface area contributed by atoms with Crippen LogP contribution in [0.3, 0.4) is 0 Å². The number of methoxy groups -OCH3 is 1. The molecule has 1 unspecified atom stereocenters. The third-order valence-electron chi connectivity index (χ3n) is 4.83. The molecule has 2 aliphatic rings. The molecule has 128 valence electrons. The van der Waals surface area contributed by atoms with Gasteiger partial charge in [0.05, 0.1) is 7.11 Å². The van der Waals surface area contributed by atoms with Gasteiger partial charge in [0.2, 0.25) is 0 Å². The van der Waals surface area contributed by atoms with Gasteiger partial charge in [-0.1, -0.05) is 11.6 Å². The minimum atomic E-state index is -0.823. The van der Waals surface area contributed by atoms with Gasteiger partial charge in [0.25, 0.3) is 0 Å². The van der Waals surface area contributed by atoms with Gasteiger partial charge in [-0.3, -0.25) is 4.79 Å². The standard InChI is InChI=1S/C18H20O6/c1-9-12-8-24-18(22)15(12)16(21)14(17(9)23-2)11-5-3-10(7-11)4-6-13(19)20/h7,11,21H,3-6,8H2,1-2H3,(H,19,20). The first-order valence-corrected chi connectivity index (χ1v) is 7.94. The van der Waals surface area contributed by atoms with Crippen LogP contribution < -0.4 is 4.74 Å². The third-order valence-corrected chi connectivity index (χ3v) is 4.83. The molecule has 24 heavy (non-hydrogen) atoms. The Hall–Kier alpha value is -2.50. The monoisotopic (exact) mass is 332 g/mol. The van der Waals surface area contributed by atoms with Crippen LogP contribution in [0, 0.1) is 6.92 Å². The number of cyclic esters (lactones) is 1. The molecule has 1 atom stereocenters. The van der Waals surface area contributed by atoms with Crippen molar-refractivity contribution in [3.05, 3.63) is 33.9 Å². The Balaban J connectivity index is 2.02. The summed E-state index contributed by atoms with van der Waals surface area (Å²) in [6, 6.07) is 0. The van der Waals surface area contributed by atoms with E-state index >= 15 is 0 Å². The first kappa shape index (κ1) is 16.4. The second-order valence-electron chi connectivity index (χ2n) is 6.21. The highest BCUT2D eigenvalue weighted by Crippen LogP contribution is 2.48. The van der Waals surface area contributed by atoms with Crippen molar-refractivity contribution < 1.29 is 29.3 Å². The molecule has 0 spiro atoms. The molecule has 0 bridgehead atoms. The van der Waals surface area contributed by atoms with Crippen LogP contribution in [-0.2, 0) is 16.1 Å². The molecular weight excluding hydrogens is 312 g/mol. The molecule has 0 aromatic heterocycles. The fourth-order valence-corrected chi connectivity index (χ4v) is 3.62. The number of allylic oxidation sites excluding steroid dienone is 2. The van der Waals surface area contributed by atoms with Crippen molar-refractivity contribution in [3.63, 3.8) is 0 Å². The SMILES string of the molecule is COc1c(C)c2c(c(O)c1C1C=C(CCC(=O)O)CC1)C(=O)OC2. The molecule has 0 amide bonds. The fraction of sp³-hybridized carbons (Fsp3) is 0.444. The molecule has 0 radical (unpaired) electrons. The van der Waals surface area contributed by atoms with E-state index in [0.29, 0.717) is 23.3 Å². The summed E-state index contributed by atoms with van der Waals surface area (Å²) in [7, 11) is 1.54. The van der Waals surface area contributed by atoms with Gasteiger partial charge in [-0.2, -0.15) is 0 Å². The van der Waals surface area contributed by atoms with Crippen molar-refractivity contribution in [2.75, 3.05) is 7.11 Å². The Bertz CT molecular complexity index is 747. The van der Waals surface area contributed by atoms with E-state index in [-0.39, 0.29) is 30.3 Å². The zero-order valence-electron chi connectivity index (χ0n) is 13.7. The van der Waals surface area contributed by atoms with Crippen molar-refractivity contribution in [2.24, 2.45) is 0 Å². The van der Waals surface area contributed by atoms with Crippen molar-refractivity contribution in [2.45, 2.75) is 45.1 Å². The number of phenols is 1. The Kier molecular flexibility index (Phi) is 4.22. The average Bonchev–Trinajstić information content (AvgIpc) is 3.15. The highest BCUT2D eigenvalue weighted by atomic mass is 16.5. The number of rotatable bonds is 5. The first-order chi connectivity index (χ1) is 11.4. The van der Waals surface area contributed by atoms with Crippen LogP contribution in [0.5, 0.6) is 11.5 Å². The van der Waals surface area contributed by atoms with E-state index in [2.05, 4.69) is 0 Å². The van der Waals surface area contributed by atoms with Gasteiger partial charge in [0.1, 0.15) is 23.7 Å². The Morgan fingerprint density at radius 3 is 2.88 bits per heavy atom. The largest absolute Gasteiger partial charge is 0.507 e. The van der Waals surface area contributed by atoms with E-state index in [9.17, 15) is 14.7 Å². The van der Waals surface area contributed by atoms with E-state index < -0.39 is 11.9 Å². The van der Waals surface area contributed by atoms with Crippen LogP contribution in [-0.4, -0.2) is 29.3 Å². The number of carbonyl (C=O) groups is 2. The van der Waals surface area contributed by atoms with Crippen LogP contribution in [0.25, 0.3) is 0 Å². The summed E-state index contributed by atoms with van der Waals surface area (Å²) >= 11 is 0. The summed E-state index contributed by atoms with van der Waals surface area (Å²) in [6.45, 7) is 2.00. The molecule has 2 N–H and O–H groups in total. The average molecular weight is 332 g/mol. The molecule has 0 saturated heterocycles. The lowest BCUT2D eigenvalue weighted by Crippen LogP contribution is -2.05. The van der Waals surface area contributed by atoms with Gasteiger partial charge < -0.3 is 19.7 Å². The van der Waals surface area contributed by atoms with E-state index in [0.717, 1.165) is 24.0 Å². The zero-order valence-corrected chi connectivity index (χ0v) is 13.7. The van der Waals surface area contributed by atoms with Crippen LogP contribution in [0.4, 0.5) is 0 Å². The maximum Gasteiger partial charge on any atom is 0.342 e. The van der Waals surface area contributed by atoms with Crippen molar-refractivity contribution in [1.29, 1.82) is 0 Å². The molecule has 1 aliphatic carbocycles. The number of aromatic hydroxyl groups is 1. The smallest absolute Gasteiger partial charge is 0.342 e. The molecule has 1 aromatic rings. The fourth-order valence-electron chi connectivity index (χ4n) is 3.62. The highest BCUT2D eigenvalue weighted by Gasteiger charge is 2.35. The number of esters is 1. The number of phenolic OH excluding ortho intramolecular Hbond substituents is 1. The van der Waals surface area contributed by atoms with Gasteiger partial charge in [0, 0.05) is 23.5 Å². The summed E-state index contributed by atoms with van der Waals surface area (Å²) in [6.07, 6.45) is 4.12. The number of hydrogen-bond acceptors (Lipinski definition) is 5. The Labute approximate surface area is 139 Å². The lowest BCUT2D eigenvalue weighted by molar-refractivity contribution is -0.136. The predicted molar refractivity (Wildman–Crippen MR) is 85.4 cm³/mol. The van der Waals surface area contributed by atoms with Gasteiger partial charge in [0.15, 0.2) is 0 Å². The minimum Gasteiger partial charge on any atom is -0.507 e. The molecule has 0 fully saturated rings. The maximum atomic E-state index is 11.9. The molecule has 1 aliphatic heterocycles. The summed E-state index contributed by atoms with van der Waals surface area (Å²) < 4.78 is 10.6. The highest BCUT2D eigenvalue weighted by molar-refractivity contribution is 5.98. The summed E-state index contributed by atoms with van der Waals surface area (Å²) in [5, 5.41) is 19.5. The van der Waals surface area contributed by atoms with Crippen molar-refractivity contribution in [3.8, 4) is 11.5 Å². The quantitative estimate of drug-likeness (QED) is 0.636. The van der Waals surface area contributed by atoms with Crippen LogP contribution in [0.15, 0.2) is 11.6 Å². The topological polar surface area (TPSA) is 93.1 Å². The normalized spacial score (nSPS) is 19.0. The van der Waals surface area contributed by atoms with Crippen LogP contribution in [0.2, 0.25) is 0 Å². The third kappa shape index (κ3) is 2.62. The zero-order chi connectivity index (χ0) is 17.4. The second-order valence-corrected chi connectivity index (χ2v) is 6.21. The summed E-state index contributed by atoms with van der Waals surface area (Å²) in [5.74, 6) is -0.930. The molecule has 1 heterocycles. The minimum absolute atomic E-state index is 0.0734. The second kappa shape index (κ2) is 6.19. The number of ether oxygens (including phenoxy) is 2. The lowest BCUT2D eigenvalue weighted by atomic mass is 9.89. The van der Waals surface area contributed by atoms with Crippen molar-refractivity contribution in [1.82, 2.24) is 0 Å². The molecule has 0 saturated carbocycles. The predicted octanol–water partition coefficient (Wildman–Crippen LogP) is 3.05. The van der Waals surface area contributed by atoms with Gasteiger partial charge in [-0.25, -0.2) is 4.79 Å². The molecule has 6 nitrogen and oxygen atoms in total. The maximum absolute atomic E-state index is 11.9. The number of hydrogen-bond donors (Lipinski definition) is 2. The van der Waals surface area contributed by atoms with Crippen LogP contribution in [0.1, 0.15) is 58.6 Å². The molecular formula is C18H20O6. The number of carboxylic acid groups (broad SMARTS) is 1. The van der Waals surface area contributed by atoms with E-state index in [4.69, 9.17) is 14.6 Å². The molecule has 3 rings (SSSR count). The van der Waals surface area contributed by atoms with Gasteiger partial charge in [-0.15, -0.1) is 0 Å². The van der Waals surface area contributed by atoms with Gasteiger partial charge in [-0.05, 0) is 31.7 Å². The van der Waals surface area contributed by atoms with Gasteiger partial charge >= 0.3 is 11.9 Å². The van der Waals surface area contributed by atoms with E-state index in [1.807, 2.05) is 13.0 Å². The Morgan fingerprint density at radius 2 is 2.21 bits per heavy atom. The number of carboxylic acids is 1. The van der Waals surface area contributed by atoms with Crippen LogP contribution >= 0.6 is 0 Å². The van der Waals surface area contributed by atoms with Crippen molar-refractivity contribution >= 4 is 11.9 Å². The van der Waals surface area contributed by atoms with E-state index in [1.165, 1.54) is 0 Å².